The Balaban J connectivity index is 2.46. The molecule has 0 N–H and O–H groups in total. The lowest BCUT2D eigenvalue weighted by atomic mass is 10.1. The Morgan fingerprint density at radius 1 is 1.30 bits per heavy atom. The molecule has 1 aromatic heterocycles. The highest BCUT2D eigenvalue weighted by atomic mass is 16.5. The standard InChI is InChI=1S/C16H17NO3/c1-11-5-4-8-17(16(11)19)10-14-9-13(12(2)18)6-7-15(14)20-3/h4-9H,10H2,1-3H3. The van der Waals surface area contributed by atoms with Gasteiger partial charge in [-0.05, 0) is 38.1 Å². The molecule has 20 heavy (non-hydrogen) atoms. The highest BCUT2D eigenvalue weighted by Crippen LogP contribution is 2.21. The van der Waals surface area contributed by atoms with Crippen LogP contribution in [0.3, 0.4) is 0 Å². The highest BCUT2D eigenvalue weighted by Gasteiger charge is 2.09. The number of carbonyl (C=O) groups is 1. The van der Waals surface area contributed by atoms with Gasteiger partial charge in [-0.3, -0.25) is 9.59 Å². The molecular formula is C16H17NO3. The van der Waals surface area contributed by atoms with Crippen molar-refractivity contribution in [3.63, 3.8) is 0 Å². The van der Waals surface area contributed by atoms with E-state index in [9.17, 15) is 9.59 Å². The Morgan fingerprint density at radius 2 is 2.05 bits per heavy atom. The van der Waals surface area contributed by atoms with Gasteiger partial charge in [-0.25, -0.2) is 0 Å². The summed E-state index contributed by atoms with van der Waals surface area (Å²) in [6.45, 7) is 3.68. The van der Waals surface area contributed by atoms with Gasteiger partial charge in [0.1, 0.15) is 5.75 Å². The predicted octanol–water partition coefficient (Wildman–Crippen LogP) is 2.42. The number of hydrogen-bond acceptors (Lipinski definition) is 3. The number of nitrogens with zero attached hydrogens (tertiary/aromatic N) is 1. The number of pyridine rings is 1. The molecule has 0 radical (unpaired) electrons. The second-order valence-corrected chi connectivity index (χ2v) is 4.71. The van der Waals surface area contributed by atoms with Gasteiger partial charge in [0, 0.05) is 22.9 Å². The maximum absolute atomic E-state index is 12.0. The summed E-state index contributed by atoms with van der Waals surface area (Å²) in [5.74, 6) is 0.661. The molecule has 2 rings (SSSR count). The molecule has 0 aliphatic carbocycles. The average Bonchev–Trinajstić information content (AvgIpc) is 2.43. The van der Waals surface area contributed by atoms with Crippen LogP contribution in [0, 0.1) is 6.92 Å². The van der Waals surface area contributed by atoms with Crippen LogP contribution < -0.4 is 10.3 Å². The third-order valence-electron chi connectivity index (χ3n) is 3.24. The second-order valence-electron chi connectivity index (χ2n) is 4.71. The first-order valence-corrected chi connectivity index (χ1v) is 6.37. The van der Waals surface area contributed by atoms with Gasteiger partial charge in [0.05, 0.1) is 13.7 Å². The maximum Gasteiger partial charge on any atom is 0.253 e. The van der Waals surface area contributed by atoms with Crippen LogP contribution in [-0.4, -0.2) is 17.5 Å². The van der Waals surface area contributed by atoms with Gasteiger partial charge in [0.2, 0.25) is 0 Å². The van der Waals surface area contributed by atoms with Crippen LogP contribution in [-0.2, 0) is 6.54 Å². The quantitative estimate of drug-likeness (QED) is 0.802. The monoisotopic (exact) mass is 271 g/mol. The largest absolute Gasteiger partial charge is 0.496 e. The summed E-state index contributed by atoms with van der Waals surface area (Å²) in [4.78, 5) is 23.5. The van der Waals surface area contributed by atoms with Crippen molar-refractivity contribution in [2.75, 3.05) is 7.11 Å². The molecule has 0 saturated carbocycles. The fourth-order valence-corrected chi connectivity index (χ4v) is 2.09. The fourth-order valence-electron chi connectivity index (χ4n) is 2.09. The minimum absolute atomic E-state index is 0.00880. The number of aryl methyl sites for hydroxylation is 1. The molecule has 2 aromatic rings. The topological polar surface area (TPSA) is 48.3 Å². The third kappa shape index (κ3) is 2.79. The van der Waals surface area contributed by atoms with Crippen LogP contribution in [0.4, 0.5) is 0 Å². The minimum Gasteiger partial charge on any atom is -0.496 e. The van der Waals surface area contributed by atoms with Gasteiger partial charge in [-0.15, -0.1) is 0 Å². The molecule has 0 bridgehead atoms. The zero-order chi connectivity index (χ0) is 14.7. The minimum atomic E-state index is -0.0391. The summed E-state index contributed by atoms with van der Waals surface area (Å²) in [6, 6.07) is 8.87. The van der Waals surface area contributed by atoms with Gasteiger partial charge < -0.3 is 9.30 Å². The van der Waals surface area contributed by atoms with Crippen LogP contribution in [0.5, 0.6) is 5.75 Å². The molecule has 0 aliphatic rings. The van der Waals surface area contributed by atoms with Gasteiger partial charge in [-0.1, -0.05) is 6.07 Å². The third-order valence-corrected chi connectivity index (χ3v) is 3.24. The zero-order valence-electron chi connectivity index (χ0n) is 11.8. The van der Waals surface area contributed by atoms with Gasteiger partial charge in [-0.2, -0.15) is 0 Å². The number of rotatable bonds is 4. The molecule has 0 fully saturated rings. The first-order chi connectivity index (χ1) is 9.52. The summed E-state index contributed by atoms with van der Waals surface area (Å²) in [7, 11) is 1.57. The average molecular weight is 271 g/mol. The molecule has 0 atom stereocenters. The summed E-state index contributed by atoms with van der Waals surface area (Å²) in [5, 5.41) is 0. The maximum atomic E-state index is 12.0. The first-order valence-electron chi connectivity index (χ1n) is 6.37. The summed E-state index contributed by atoms with van der Waals surface area (Å²) >= 11 is 0. The molecule has 1 aromatic carbocycles. The van der Waals surface area contributed by atoms with E-state index in [1.165, 1.54) is 6.92 Å². The number of ketones is 1. The Kier molecular flexibility index (Phi) is 4.03. The van der Waals surface area contributed by atoms with Crippen molar-refractivity contribution in [2.45, 2.75) is 20.4 Å². The lowest BCUT2D eigenvalue weighted by molar-refractivity contribution is 0.101. The normalized spacial score (nSPS) is 10.3. The molecule has 104 valence electrons. The Morgan fingerprint density at radius 3 is 2.70 bits per heavy atom. The van der Waals surface area contributed by atoms with E-state index in [-0.39, 0.29) is 11.3 Å². The van der Waals surface area contributed by atoms with E-state index in [0.717, 1.165) is 5.56 Å². The van der Waals surface area contributed by atoms with Crippen molar-refractivity contribution in [3.05, 3.63) is 63.6 Å². The van der Waals surface area contributed by atoms with Gasteiger partial charge >= 0.3 is 0 Å². The summed E-state index contributed by atoms with van der Waals surface area (Å²) in [6.07, 6.45) is 1.73. The molecule has 4 nitrogen and oxygen atoms in total. The Labute approximate surface area is 117 Å². The summed E-state index contributed by atoms with van der Waals surface area (Å²) < 4.78 is 6.90. The molecule has 0 spiro atoms. The molecule has 0 aliphatic heterocycles. The van der Waals surface area contributed by atoms with E-state index < -0.39 is 0 Å². The van der Waals surface area contributed by atoms with Crippen molar-refractivity contribution < 1.29 is 9.53 Å². The van der Waals surface area contributed by atoms with Crippen molar-refractivity contribution in [3.8, 4) is 5.75 Å². The van der Waals surface area contributed by atoms with E-state index in [4.69, 9.17) is 4.74 Å². The summed E-state index contributed by atoms with van der Waals surface area (Å²) in [5.41, 5.74) is 2.08. The SMILES string of the molecule is COc1ccc(C(C)=O)cc1Cn1cccc(C)c1=O. The number of hydrogen-bond donors (Lipinski definition) is 0. The zero-order valence-corrected chi connectivity index (χ0v) is 11.8. The number of benzene rings is 1. The highest BCUT2D eigenvalue weighted by molar-refractivity contribution is 5.94. The van der Waals surface area contributed by atoms with Crippen molar-refractivity contribution >= 4 is 5.78 Å². The molecule has 1 heterocycles. The predicted molar refractivity (Wildman–Crippen MR) is 77.5 cm³/mol. The molecule has 0 amide bonds. The Bertz CT molecular complexity index is 701. The molecule has 4 heteroatoms. The van der Waals surface area contributed by atoms with E-state index in [2.05, 4.69) is 0 Å². The second kappa shape index (κ2) is 5.74. The smallest absolute Gasteiger partial charge is 0.253 e. The van der Waals surface area contributed by atoms with Gasteiger partial charge in [0.15, 0.2) is 5.78 Å². The first kappa shape index (κ1) is 14.1. The van der Waals surface area contributed by atoms with Crippen LogP contribution in [0.15, 0.2) is 41.3 Å². The van der Waals surface area contributed by atoms with Crippen LogP contribution in [0.1, 0.15) is 28.4 Å². The van der Waals surface area contributed by atoms with E-state index >= 15 is 0 Å². The van der Waals surface area contributed by atoms with Crippen LogP contribution in [0.2, 0.25) is 0 Å². The number of carbonyl (C=O) groups excluding carboxylic acids is 1. The molecule has 0 unspecified atom stereocenters. The Hall–Kier alpha value is -2.36. The van der Waals surface area contributed by atoms with Crippen molar-refractivity contribution in [1.29, 1.82) is 0 Å². The number of aromatic nitrogens is 1. The van der Waals surface area contributed by atoms with Crippen LogP contribution >= 0.6 is 0 Å². The number of ether oxygens (including phenoxy) is 1. The number of methoxy groups -OCH3 is 1. The van der Waals surface area contributed by atoms with Gasteiger partial charge in [0.25, 0.3) is 5.56 Å². The fraction of sp³-hybridized carbons (Fsp3) is 0.250. The lowest BCUT2D eigenvalue weighted by Gasteiger charge is -2.12. The van der Waals surface area contributed by atoms with E-state index in [0.29, 0.717) is 23.4 Å². The lowest BCUT2D eigenvalue weighted by Crippen LogP contribution is -2.22. The molecule has 0 saturated heterocycles. The van der Waals surface area contributed by atoms with E-state index in [1.54, 1.807) is 49.1 Å². The van der Waals surface area contributed by atoms with Crippen molar-refractivity contribution in [2.24, 2.45) is 0 Å². The number of Topliss-reactive ketones (excluding diaryl/α,β-unsaturated/α-hetero) is 1. The van der Waals surface area contributed by atoms with Crippen molar-refractivity contribution in [1.82, 2.24) is 4.57 Å². The van der Waals surface area contributed by atoms with E-state index in [1.807, 2.05) is 6.07 Å². The molecular weight excluding hydrogens is 254 g/mol. The van der Waals surface area contributed by atoms with Crippen LogP contribution in [0.25, 0.3) is 0 Å².